The number of amides is 2. The summed E-state index contributed by atoms with van der Waals surface area (Å²) in [4.78, 5) is 32.1. The summed E-state index contributed by atoms with van der Waals surface area (Å²) in [5, 5.41) is 2.89. The molecular weight excluding hydrogens is 437 g/mol. The first-order valence-electron chi connectivity index (χ1n) is 10.7. The molecule has 1 saturated heterocycles. The molecule has 0 bridgehead atoms. The molecule has 1 heterocycles. The zero-order valence-electron chi connectivity index (χ0n) is 18.2. The first-order valence-corrected chi connectivity index (χ1v) is 11.6. The molecule has 1 fully saturated rings. The van der Waals surface area contributed by atoms with Crippen LogP contribution in [0, 0.1) is 12.7 Å². The van der Waals surface area contributed by atoms with Gasteiger partial charge in [-0.3, -0.25) is 14.5 Å². The van der Waals surface area contributed by atoms with Gasteiger partial charge < -0.3 is 5.32 Å². The number of hydrogen-bond donors (Lipinski definition) is 1. The van der Waals surface area contributed by atoms with Crippen molar-refractivity contribution in [1.29, 1.82) is 0 Å². The maximum atomic E-state index is 13.2. The number of para-hydroxylation sites is 1. The zero-order chi connectivity index (χ0) is 23.2. The lowest BCUT2D eigenvalue weighted by molar-refractivity contribution is -0.128. The van der Waals surface area contributed by atoms with Gasteiger partial charge in [0.1, 0.15) is 11.1 Å². The molecule has 0 aliphatic carbocycles. The second-order valence-corrected chi connectivity index (χ2v) is 8.99. The molecule has 4 rings (SSSR count). The minimum Gasteiger partial charge on any atom is -0.326 e. The molecule has 1 atom stereocenters. The van der Waals surface area contributed by atoms with Crippen LogP contribution in [0.1, 0.15) is 17.5 Å². The summed E-state index contributed by atoms with van der Waals surface area (Å²) in [6.45, 7) is 2.36. The van der Waals surface area contributed by atoms with Crippen LogP contribution in [0.2, 0.25) is 0 Å². The molecule has 2 amide bonds. The number of nitrogens with one attached hydrogen (secondary N) is 1. The topological polar surface area (TPSA) is 61.8 Å². The molecule has 1 aliphatic rings. The van der Waals surface area contributed by atoms with E-state index in [4.69, 9.17) is 0 Å². The maximum absolute atomic E-state index is 13.2. The lowest BCUT2D eigenvalue weighted by Crippen LogP contribution is -2.35. The van der Waals surface area contributed by atoms with Crippen molar-refractivity contribution in [2.45, 2.75) is 25.0 Å². The van der Waals surface area contributed by atoms with Gasteiger partial charge in [-0.05, 0) is 60.9 Å². The minimum absolute atomic E-state index is 0.0539. The van der Waals surface area contributed by atoms with Crippen molar-refractivity contribution in [3.05, 3.63) is 95.8 Å². The monoisotopic (exact) mass is 461 g/mol. The number of aryl methyl sites for hydroxylation is 1. The summed E-state index contributed by atoms with van der Waals surface area (Å²) < 4.78 is 13.2. The quantitative estimate of drug-likeness (QED) is 0.517. The van der Waals surface area contributed by atoms with E-state index in [0.717, 1.165) is 16.8 Å². The van der Waals surface area contributed by atoms with Gasteiger partial charge in [-0.1, -0.05) is 54.2 Å². The Hall–Kier alpha value is -3.45. The van der Waals surface area contributed by atoms with Gasteiger partial charge >= 0.3 is 0 Å². The summed E-state index contributed by atoms with van der Waals surface area (Å²) in [5.41, 5.74) is 3.42. The predicted octanol–water partition coefficient (Wildman–Crippen LogP) is 5.34. The highest BCUT2D eigenvalue weighted by Gasteiger charge is 2.39. The SMILES string of the molecule is Cc1cccc(NC(=O)C[C@@H]2SC(=Nc3ccccc3)N(CCc3ccc(F)cc3)C2=O)c1. The van der Waals surface area contributed by atoms with Crippen LogP contribution in [-0.4, -0.2) is 33.7 Å². The Bertz CT molecular complexity index is 1170. The van der Waals surface area contributed by atoms with Crippen molar-refractivity contribution in [2.24, 2.45) is 4.99 Å². The fourth-order valence-corrected chi connectivity index (χ4v) is 4.72. The highest BCUT2D eigenvalue weighted by molar-refractivity contribution is 8.15. The van der Waals surface area contributed by atoms with E-state index in [-0.39, 0.29) is 24.1 Å². The van der Waals surface area contributed by atoms with Gasteiger partial charge in [0.05, 0.1) is 5.69 Å². The number of carbonyl (C=O) groups excluding carboxylic acids is 2. The number of anilines is 1. The van der Waals surface area contributed by atoms with Crippen LogP contribution in [-0.2, 0) is 16.0 Å². The van der Waals surface area contributed by atoms with Crippen molar-refractivity contribution in [3.8, 4) is 0 Å². The fraction of sp³-hybridized carbons (Fsp3) is 0.192. The number of amidine groups is 1. The number of halogens is 1. The molecule has 0 radical (unpaired) electrons. The molecule has 168 valence electrons. The summed E-state index contributed by atoms with van der Waals surface area (Å²) in [6.07, 6.45) is 0.612. The predicted molar refractivity (Wildman–Crippen MR) is 131 cm³/mol. The Morgan fingerprint density at radius 2 is 1.82 bits per heavy atom. The molecule has 1 N–H and O–H groups in total. The molecule has 0 saturated carbocycles. The van der Waals surface area contributed by atoms with Crippen LogP contribution in [0.15, 0.2) is 83.9 Å². The maximum Gasteiger partial charge on any atom is 0.242 e. The highest BCUT2D eigenvalue weighted by atomic mass is 32.2. The third-order valence-electron chi connectivity index (χ3n) is 5.21. The van der Waals surface area contributed by atoms with Gasteiger partial charge in [-0.2, -0.15) is 0 Å². The molecule has 0 spiro atoms. The van der Waals surface area contributed by atoms with Crippen molar-refractivity contribution in [2.75, 3.05) is 11.9 Å². The van der Waals surface area contributed by atoms with E-state index in [0.29, 0.717) is 23.8 Å². The summed E-state index contributed by atoms with van der Waals surface area (Å²) >= 11 is 1.31. The largest absolute Gasteiger partial charge is 0.326 e. The lowest BCUT2D eigenvalue weighted by Gasteiger charge is -2.16. The smallest absolute Gasteiger partial charge is 0.242 e. The second kappa shape index (κ2) is 10.4. The van der Waals surface area contributed by atoms with E-state index in [1.807, 2.05) is 61.5 Å². The van der Waals surface area contributed by atoms with Crippen molar-refractivity contribution < 1.29 is 14.0 Å². The number of benzene rings is 3. The Kier molecular flexibility index (Phi) is 7.19. The molecule has 33 heavy (non-hydrogen) atoms. The van der Waals surface area contributed by atoms with Gasteiger partial charge in [0.15, 0.2) is 5.17 Å². The van der Waals surface area contributed by atoms with Crippen molar-refractivity contribution >= 4 is 40.1 Å². The van der Waals surface area contributed by atoms with Crippen LogP contribution >= 0.6 is 11.8 Å². The molecule has 7 heteroatoms. The third-order valence-corrected chi connectivity index (χ3v) is 6.39. The summed E-state index contributed by atoms with van der Waals surface area (Å²) in [6, 6.07) is 23.2. The number of hydrogen-bond acceptors (Lipinski definition) is 4. The molecule has 0 unspecified atom stereocenters. The van der Waals surface area contributed by atoms with Crippen LogP contribution in [0.3, 0.4) is 0 Å². The molecule has 5 nitrogen and oxygen atoms in total. The number of thioether (sulfide) groups is 1. The van der Waals surface area contributed by atoms with Gasteiger partial charge in [0.25, 0.3) is 0 Å². The first kappa shape index (κ1) is 22.7. The molecule has 1 aliphatic heterocycles. The number of carbonyl (C=O) groups is 2. The Labute approximate surface area is 196 Å². The Morgan fingerprint density at radius 3 is 2.55 bits per heavy atom. The van der Waals surface area contributed by atoms with Crippen molar-refractivity contribution in [3.63, 3.8) is 0 Å². The van der Waals surface area contributed by atoms with E-state index in [1.165, 1.54) is 23.9 Å². The molecule has 3 aromatic rings. The Balaban J connectivity index is 1.49. The van der Waals surface area contributed by atoms with Gasteiger partial charge in [-0.25, -0.2) is 9.38 Å². The lowest BCUT2D eigenvalue weighted by atomic mass is 10.1. The molecular formula is C26H24FN3O2S. The fourth-order valence-electron chi connectivity index (χ4n) is 3.54. The van der Waals surface area contributed by atoms with Crippen LogP contribution in [0.4, 0.5) is 15.8 Å². The van der Waals surface area contributed by atoms with Crippen molar-refractivity contribution in [1.82, 2.24) is 4.90 Å². The Morgan fingerprint density at radius 1 is 1.06 bits per heavy atom. The molecule has 3 aromatic carbocycles. The minimum atomic E-state index is -0.550. The van der Waals surface area contributed by atoms with E-state index < -0.39 is 5.25 Å². The average molecular weight is 462 g/mol. The van der Waals surface area contributed by atoms with E-state index in [2.05, 4.69) is 10.3 Å². The number of aliphatic imine (C=N–C) groups is 1. The second-order valence-electron chi connectivity index (χ2n) is 7.82. The normalized spacial score (nSPS) is 16.9. The van der Waals surface area contributed by atoms with E-state index in [9.17, 15) is 14.0 Å². The number of nitrogens with zero attached hydrogens (tertiary/aromatic N) is 2. The van der Waals surface area contributed by atoms with E-state index >= 15 is 0 Å². The average Bonchev–Trinajstić information content (AvgIpc) is 3.08. The summed E-state index contributed by atoms with van der Waals surface area (Å²) in [7, 11) is 0. The van der Waals surface area contributed by atoms with Gasteiger partial charge in [0, 0.05) is 18.7 Å². The van der Waals surface area contributed by atoms with E-state index in [1.54, 1.807) is 17.0 Å². The standard InChI is InChI=1S/C26H24FN3O2S/c1-18-6-5-9-22(16-18)28-24(31)17-23-25(32)30(15-14-19-10-12-20(27)13-11-19)26(33-23)29-21-7-3-2-4-8-21/h2-13,16,23H,14-15,17H2,1H3,(H,28,31)/t23-/m0/s1. The van der Waals surface area contributed by atoms with Crippen LogP contribution in [0.25, 0.3) is 0 Å². The van der Waals surface area contributed by atoms with Crippen LogP contribution in [0.5, 0.6) is 0 Å². The van der Waals surface area contributed by atoms with Gasteiger partial charge in [0.2, 0.25) is 11.8 Å². The summed E-state index contributed by atoms with van der Waals surface area (Å²) in [5.74, 6) is -0.653. The first-order chi connectivity index (χ1) is 16.0. The highest BCUT2D eigenvalue weighted by Crippen LogP contribution is 2.32. The zero-order valence-corrected chi connectivity index (χ0v) is 19.0. The molecule has 0 aromatic heterocycles. The third kappa shape index (κ3) is 6.08. The van der Waals surface area contributed by atoms with Crippen LogP contribution < -0.4 is 5.32 Å². The number of rotatable bonds is 7. The van der Waals surface area contributed by atoms with Gasteiger partial charge in [-0.15, -0.1) is 0 Å².